The third-order valence-corrected chi connectivity index (χ3v) is 6.75. The Morgan fingerprint density at radius 2 is 1.66 bits per heavy atom. The molecule has 3 rings (SSSR count). The van der Waals surface area contributed by atoms with E-state index in [9.17, 15) is 9.59 Å². The zero-order valence-electron chi connectivity index (χ0n) is 18.3. The lowest BCUT2D eigenvalue weighted by atomic mass is 9.89. The summed E-state index contributed by atoms with van der Waals surface area (Å²) < 4.78 is 0. The van der Waals surface area contributed by atoms with Gasteiger partial charge in [0.2, 0.25) is 5.91 Å². The first-order chi connectivity index (χ1) is 15.3. The van der Waals surface area contributed by atoms with Gasteiger partial charge >= 0.3 is 6.03 Å². The predicted octanol–water partition coefficient (Wildman–Crippen LogP) is 6.04. The second-order valence-electron chi connectivity index (χ2n) is 8.26. The summed E-state index contributed by atoms with van der Waals surface area (Å²) in [5, 5.41) is 6.47. The summed E-state index contributed by atoms with van der Waals surface area (Å²) in [5.41, 5.74) is 10.3. The van der Waals surface area contributed by atoms with E-state index in [4.69, 9.17) is 28.9 Å². The van der Waals surface area contributed by atoms with Crippen LogP contribution in [-0.4, -0.2) is 36.0 Å². The van der Waals surface area contributed by atoms with Crippen molar-refractivity contribution >= 4 is 46.5 Å². The van der Waals surface area contributed by atoms with Crippen molar-refractivity contribution in [1.82, 2.24) is 10.6 Å². The number of carbonyl (C=O) groups is 2. The molecule has 1 aliphatic rings. The number of benzene rings is 2. The average Bonchev–Trinajstić information content (AvgIpc) is 2.81. The number of amides is 3. The molecular weight excluding hydrogens is 447 g/mol. The Labute approximate surface area is 199 Å². The van der Waals surface area contributed by atoms with Gasteiger partial charge in [0.1, 0.15) is 6.04 Å². The molecule has 3 N–H and O–H groups in total. The van der Waals surface area contributed by atoms with Crippen molar-refractivity contribution in [2.45, 2.75) is 45.1 Å². The molecule has 0 saturated carbocycles. The molecule has 0 aliphatic carbocycles. The number of hydrogen-bond acceptors (Lipinski definition) is 2. The molecule has 2 aromatic rings. The van der Waals surface area contributed by atoms with Gasteiger partial charge < -0.3 is 15.5 Å². The minimum Gasteiger partial charge on any atom is -0.325 e. The number of carbonyl (C=O) groups excluding carboxylic acids is 2. The van der Waals surface area contributed by atoms with Gasteiger partial charge in [0.15, 0.2) is 0 Å². The summed E-state index contributed by atoms with van der Waals surface area (Å²) in [4.78, 5) is 26.6. The molecule has 8 heteroatoms. The van der Waals surface area contributed by atoms with Gasteiger partial charge in [-0.3, -0.25) is 4.79 Å². The molecular formula is C24H29Cl2N4O2. The first-order valence-corrected chi connectivity index (χ1v) is 11.7. The summed E-state index contributed by atoms with van der Waals surface area (Å²) in [6.45, 7) is 5.16. The van der Waals surface area contributed by atoms with E-state index in [1.54, 1.807) is 23.1 Å². The zero-order chi connectivity index (χ0) is 23.3. The third-order valence-electron chi connectivity index (χ3n) is 6.12. The summed E-state index contributed by atoms with van der Waals surface area (Å²) in [6, 6.07) is 11.9. The Morgan fingerprint density at radius 1 is 1.06 bits per heavy atom. The number of rotatable bonds is 6. The van der Waals surface area contributed by atoms with Gasteiger partial charge in [-0.2, -0.15) is 0 Å². The molecule has 2 atom stereocenters. The number of para-hydroxylation sites is 1. The number of nitrogens with one attached hydrogen (secondary N) is 3. The fourth-order valence-electron chi connectivity index (χ4n) is 3.77. The van der Waals surface area contributed by atoms with E-state index in [0.29, 0.717) is 40.4 Å². The molecule has 0 spiro atoms. The highest BCUT2D eigenvalue weighted by atomic mass is 35.5. The quantitative estimate of drug-likeness (QED) is 0.533. The van der Waals surface area contributed by atoms with Crippen LogP contribution in [0.3, 0.4) is 0 Å². The van der Waals surface area contributed by atoms with Crippen LogP contribution in [0, 0.1) is 5.92 Å². The van der Waals surface area contributed by atoms with Crippen molar-refractivity contribution in [1.29, 1.82) is 0 Å². The van der Waals surface area contributed by atoms with Crippen LogP contribution < -0.4 is 16.4 Å². The number of nitrogens with zero attached hydrogens (tertiary/aromatic N) is 1. The Balaban J connectivity index is 1.53. The summed E-state index contributed by atoms with van der Waals surface area (Å²) in [5.74, 6) is 0.0902. The number of likely N-dealkylation sites (tertiary alicyclic amines) is 1. The Kier molecular flexibility index (Phi) is 8.40. The lowest BCUT2D eigenvalue weighted by Crippen LogP contribution is -2.40. The van der Waals surface area contributed by atoms with Crippen molar-refractivity contribution in [3.8, 4) is 0 Å². The highest BCUT2D eigenvalue weighted by molar-refractivity contribution is 6.39. The predicted molar refractivity (Wildman–Crippen MR) is 130 cm³/mol. The Morgan fingerprint density at radius 3 is 2.22 bits per heavy atom. The first kappa shape index (κ1) is 24.4. The van der Waals surface area contributed by atoms with Crippen LogP contribution in [0.15, 0.2) is 42.5 Å². The minimum atomic E-state index is -0.768. The van der Waals surface area contributed by atoms with Crippen molar-refractivity contribution in [3.05, 3.63) is 58.1 Å². The van der Waals surface area contributed by atoms with E-state index >= 15 is 0 Å². The average molecular weight is 476 g/mol. The van der Waals surface area contributed by atoms with E-state index in [0.717, 1.165) is 19.3 Å². The van der Waals surface area contributed by atoms with Gasteiger partial charge in [0.25, 0.3) is 0 Å². The van der Waals surface area contributed by atoms with Crippen LogP contribution in [0.25, 0.3) is 0 Å². The lowest BCUT2D eigenvalue weighted by Gasteiger charge is -2.32. The Bertz CT molecular complexity index is 923. The SMILES string of the molecule is CCC(C)C([NH])C(=O)Nc1ccc(C2CCN(C(=O)Nc3c(Cl)cccc3Cl)CC2)cc1. The van der Waals surface area contributed by atoms with Crippen LogP contribution in [0.5, 0.6) is 0 Å². The second kappa shape index (κ2) is 11.0. The van der Waals surface area contributed by atoms with Gasteiger partial charge in [-0.1, -0.05) is 61.7 Å². The van der Waals surface area contributed by atoms with Gasteiger partial charge in [0, 0.05) is 18.8 Å². The van der Waals surface area contributed by atoms with Gasteiger partial charge in [-0.05, 0) is 54.5 Å². The van der Waals surface area contributed by atoms with E-state index in [1.165, 1.54) is 5.56 Å². The topological polar surface area (TPSA) is 85.2 Å². The smallest absolute Gasteiger partial charge is 0.321 e. The van der Waals surface area contributed by atoms with Crippen molar-refractivity contribution in [2.75, 3.05) is 23.7 Å². The molecule has 1 fully saturated rings. The van der Waals surface area contributed by atoms with Crippen molar-refractivity contribution in [3.63, 3.8) is 0 Å². The molecule has 0 aromatic heterocycles. The van der Waals surface area contributed by atoms with Crippen LogP contribution in [0.2, 0.25) is 10.0 Å². The molecule has 32 heavy (non-hydrogen) atoms. The van der Waals surface area contributed by atoms with Gasteiger partial charge in [0.05, 0.1) is 15.7 Å². The van der Waals surface area contributed by atoms with Crippen molar-refractivity contribution < 1.29 is 9.59 Å². The third kappa shape index (κ3) is 5.94. The molecule has 2 unspecified atom stereocenters. The molecule has 2 aromatic carbocycles. The van der Waals surface area contributed by atoms with Gasteiger partial charge in [-0.25, -0.2) is 10.5 Å². The molecule has 6 nitrogen and oxygen atoms in total. The monoisotopic (exact) mass is 475 g/mol. The summed E-state index contributed by atoms with van der Waals surface area (Å²) in [7, 11) is 0. The molecule has 171 valence electrons. The molecule has 1 heterocycles. The standard InChI is InChI=1S/C24H29Cl2N4O2/c1-3-15(2)21(27)23(31)28-18-9-7-16(8-10-18)17-11-13-30(14-12-17)24(32)29-22-19(25)5-4-6-20(22)26/h4-10,15,17,21,27H,3,11-14H2,1-2H3,(H,28,31)(H,29,32). The van der Waals surface area contributed by atoms with E-state index in [1.807, 2.05) is 38.1 Å². The summed E-state index contributed by atoms with van der Waals surface area (Å²) in [6.07, 6.45) is 2.49. The lowest BCUT2D eigenvalue weighted by molar-refractivity contribution is -0.118. The first-order valence-electron chi connectivity index (χ1n) is 10.9. The fourth-order valence-corrected chi connectivity index (χ4v) is 4.26. The maximum atomic E-state index is 12.6. The van der Waals surface area contributed by atoms with E-state index in [2.05, 4.69) is 10.6 Å². The molecule has 3 amide bonds. The highest BCUT2D eigenvalue weighted by Crippen LogP contribution is 2.32. The fraction of sp³-hybridized carbons (Fsp3) is 0.417. The molecule has 0 bridgehead atoms. The van der Waals surface area contributed by atoms with Gasteiger partial charge in [-0.15, -0.1) is 0 Å². The molecule has 1 radical (unpaired) electrons. The van der Waals surface area contributed by atoms with Crippen LogP contribution in [-0.2, 0) is 4.79 Å². The number of piperidine rings is 1. The zero-order valence-corrected chi connectivity index (χ0v) is 19.8. The largest absolute Gasteiger partial charge is 0.325 e. The second-order valence-corrected chi connectivity index (χ2v) is 9.08. The maximum absolute atomic E-state index is 12.6. The number of urea groups is 1. The number of hydrogen-bond donors (Lipinski definition) is 2. The Hall–Kier alpha value is -2.28. The van der Waals surface area contributed by atoms with Crippen LogP contribution >= 0.6 is 23.2 Å². The normalized spacial score (nSPS) is 16.3. The summed E-state index contributed by atoms with van der Waals surface area (Å²) >= 11 is 12.3. The van der Waals surface area contributed by atoms with Crippen LogP contribution in [0.4, 0.5) is 16.2 Å². The van der Waals surface area contributed by atoms with E-state index in [-0.39, 0.29) is 17.9 Å². The number of anilines is 2. The van der Waals surface area contributed by atoms with Crippen molar-refractivity contribution in [2.24, 2.45) is 5.92 Å². The molecule has 1 saturated heterocycles. The highest BCUT2D eigenvalue weighted by Gasteiger charge is 2.25. The molecule has 1 aliphatic heterocycles. The minimum absolute atomic E-state index is 0.0191. The maximum Gasteiger partial charge on any atom is 0.321 e. The number of halogens is 2. The van der Waals surface area contributed by atoms with Crippen LogP contribution in [0.1, 0.15) is 44.6 Å². The van der Waals surface area contributed by atoms with E-state index < -0.39 is 6.04 Å².